The van der Waals surface area contributed by atoms with Gasteiger partial charge in [-0.2, -0.15) is 0 Å². The van der Waals surface area contributed by atoms with Crippen molar-refractivity contribution in [2.24, 2.45) is 5.92 Å². The standard InChI is InChI=1S/C16H24N2OS/c1-3-5-7-13(4-2)15(19)18-10-11-20-16(18)14-8-6-9-17-12-14/h6,8-9,12-13,16H,3-5,7,10-11H2,1-2H3/t13-,16-/m1/s1. The molecule has 1 saturated heterocycles. The number of unbranched alkanes of at least 4 members (excludes halogenated alkanes) is 1. The molecule has 1 amide bonds. The smallest absolute Gasteiger partial charge is 0.226 e. The summed E-state index contributed by atoms with van der Waals surface area (Å²) in [6, 6.07) is 4.02. The molecule has 0 aliphatic carbocycles. The van der Waals surface area contributed by atoms with Crippen molar-refractivity contribution in [3.63, 3.8) is 0 Å². The van der Waals surface area contributed by atoms with Gasteiger partial charge in [-0.3, -0.25) is 9.78 Å². The number of carbonyl (C=O) groups excluding carboxylic acids is 1. The summed E-state index contributed by atoms with van der Waals surface area (Å²) in [5.74, 6) is 1.54. The first kappa shape index (κ1) is 15.4. The van der Waals surface area contributed by atoms with Crippen molar-refractivity contribution in [1.29, 1.82) is 0 Å². The summed E-state index contributed by atoms with van der Waals surface area (Å²) < 4.78 is 0. The number of amides is 1. The van der Waals surface area contributed by atoms with Crippen molar-refractivity contribution in [1.82, 2.24) is 9.88 Å². The largest absolute Gasteiger partial charge is 0.325 e. The minimum Gasteiger partial charge on any atom is -0.325 e. The van der Waals surface area contributed by atoms with Crippen molar-refractivity contribution in [2.45, 2.75) is 44.9 Å². The zero-order valence-corrected chi connectivity index (χ0v) is 13.2. The second-order valence-electron chi connectivity index (χ2n) is 5.29. The van der Waals surface area contributed by atoms with Crippen molar-refractivity contribution in [3.8, 4) is 0 Å². The van der Waals surface area contributed by atoms with E-state index in [-0.39, 0.29) is 11.3 Å². The average molecular weight is 292 g/mol. The third-order valence-electron chi connectivity index (χ3n) is 3.89. The van der Waals surface area contributed by atoms with Gasteiger partial charge in [-0.1, -0.05) is 32.8 Å². The first-order valence-electron chi connectivity index (χ1n) is 7.60. The van der Waals surface area contributed by atoms with Crippen LogP contribution in [0, 0.1) is 5.92 Å². The molecule has 4 heteroatoms. The maximum Gasteiger partial charge on any atom is 0.226 e. The number of aromatic nitrogens is 1. The highest BCUT2D eigenvalue weighted by molar-refractivity contribution is 7.99. The van der Waals surface area contributed by atoms with Crippen LogP contribution >= 0.6 is 11.8 Å². The molecule has 0 saturated carbocycles. The van der Waals surface area contributed by atoms with Crippen LogP contribution in [0.25, 0.3) is 0 Å². The maximum absolute atomic E-state index is 12.8. The molecule has 1 fully saturated rings. The van der Waals surface area contributed by atoms with Gasteiger partial charge in [0.25, 0.3) is 0 Å². The van der Waals surface area contributed by atoms with Gasteiger partial charge < -0.3 is 4.90 Å². The third kappa shape index (κ3) is 3.54. The Bertz CT molecular complexity index is 424. The Morgan fingerprint density at radius 1 is 1.55 bits per heavy atom. The summed E-state index contributed by atoms with van der Waals surface area (Å²) in [5.41, 5.74) is 1.15. The number of hydrogen-bond acceptors (Lipinski definition) is 3. The van der Waals surface area contributed by atoms with E-state index < -0.39 is 0 Å². The van der Waals surface area contributed by atoms with Crippen molar-refractivity contribution in [2.75, 3.05) is 12.3 Å². The molecule has 1 aromatic heterocycles. The van der Waals surface area contributed by atoms with Crippen LogP contribution in [0.4, 0.5) is 0 Å². The number of hydrogen-bond donors (Lipinski definition) is 0. The lowest BCUT2D eigenvalue weighted by molar-refractivity contribution is -0.136. The zero-order valence-electron chi connectivity index (χ0n) is 12.4. The van der Waals surface area contributed by atoms with Crippen molar-refractivity contribution in [3.05, 3.63) is 30.1 Å². The van der Waals surface area contributed by atoms with Crippen LogP contribution in [0.3, 0.4) is 0 Å². The van der Waals surface area contributed by atoms with Crippen LogP contribution < -0.4 is 0 Å². The molecule has 0 bridgehead atoms. The molecule has 110 valence electrons. The lowest BCUT2D eigenvalue weighted by Crippen LogP contribution is -2.35. The summed E-state index contributed by atoms with van der Waals surface area (Å²) in [6.45, 7) is 5.17. The van der Waals surface area contributed by atoms with Crippen LogP contribution in [0.1, 0.15) is 50.5 Å². The van der Waals surface area contributed by atoms with Gasteiger partial charge >= 0.3 is 0 Å². The molecular formula is C16H24N2OS. The predicted molar refractivity (Wildman–Crippen MR) is 84.5 cm³/mol. The fourth-order valence-corrected chi connectivity index (χ4v) is 3.93. The normalized spacial score (nSPS) is 20.1. The highest BCUT2D eigenvalue weighted by atomic mass is 32.2. The highest BCUT2D eigenvalue weighted by Crippen LogP contribution is 2.38. The molecule has 3 nitrogen and oxygen atoms in total. The Morgan fingerprint density at radius 3 is 3.05 bits per heavy atom. The third-order valence-corrected chi connectivity index (χ3v) is 5.15. The molecule has 2 heterocycles. The van der Waals surface area contributed by atoms with E-state index in [2.05, 4.69) is 29.8 Å². The molecule has 1 aliphatic rings. The molecule has 2 rings (SSSR count). The van der Waals surface area contributed by atoms with Crippen LogP contribution in [0.15, 0.2) is 24.5 Å². The zero-order chi connectivity index (χ0) is 14.4. The van der Waals surface area contributed by atoms with E-state index in [4.69, 9.17) is 0 Å². The van der Waals surface area contributed by atoms with Crippen molar-refractivity contribution < 1.29 is 4.79 Å². The van der Waals surface area contributed by atoms with E-state index in [1.807, 2.05) is 24.0 Å². The molecule has 1 aromatic rings. The number of nitrogens with zero attached hydrogens (tertiary/aromatic N) is 2. The topological polar surface area (TPSA) is 33.2 Å². The summed E-state index contributed by atoms with van der Waals surface area (Å²) in [4.78, 5) is 19.0. The Labute approximate surface area is 126 Å². The van der Waals surface area contributed by atoms with E-state index in [1.165, 1.54) is 0 Å². The summed E-state index contributed by atoms with van der Waals surface area (Å²) in [5, 5.41) is 0.159. The number of carbonyl (C=O) groups is 1. The number of rotatable bonds is 6. The highest BCUT2D eigenvalue weighted by Gasteiger charge is 2.33. The first-order chi connectivity index (χ1) is 9.77. The number of thioether (sulfide) groups is 1. The van der Waals surface area contributed by atoms with E-state index in [1.54, 1.807) is 6.20 Å². The molecule has 2 atom stereocenters. The SMILES string of the molecule is CCCC[C@@H](CC)C(=O)N1CCS[C@@H]1c1cccnc1. The summed E-state index contributed by atoms with van der Waals surface area (Å²) >= 11 is 1.85. The molecular weight excluding hydrogens is 268 g/mol. The Morgan fingerprint density at radius 2 is 2.40 bits per heavy atom. The van der Waals surface area contributed by atoms with E-state index in [9.17, 15) is 4.79 Å². The van der Waals surface area contributed by atoms with E-state index in [0.717, 1.165) is 43.5 Å². The monoisotopic (exact) mass is 292 g/mol. The minimum absolute atomic E-state index is 0.159. The Hall–Kier alpha value is -1.03. The van der Waals surface area contributed by atoms with Gasteiger partial charge in [0.2, 0.25) is 5.91 Å². The van der Waals surface area contributed by atoms with Gasteiger partial charge in [0, 0.05) is 36.2 Å². The molecule has 0 radical (unpaired) electrons. The predicted octanol–water partition coefficient (Wildman–Crippen LogP) is 3.87. The van der Waals surface area contributed by atoms with Gasteiger partial charge in [0.05, 0.1) is 0 Å². The molecule has 0 N–H and O–H groups in total. The van der Waals surface area contributed by atoms with Gasteiger partial charge in [-0.25, -0.2) is 0 Å². The summed E-state index contributed by atoms with van der Waals surface area (Å²) in [6.07, 6.45) is 7.93. The summed E-state index contributed by atoms with van der Waals surface area (Å²) in [7, 11) is 0. The van der Waals surface area contributed by atoms with E-state index >= 15 is 0 Å². The molecule has 0 aromatic carbocycles. The van der Waals surface area contributed by atoms with Gasteiger partial charge in [0.15, 0.2) is 0 Å². The number of pyridine rings is 1. The molecule has 0 spiro atoms. The average Bonchev–Trinajstić information content (AvgIpc) is 2.98. The van der Waals surface area contributed by atoms with Gasteiger partial charge in [0.1, 0.15) is 5.37 Å². The maximum atomic E-state index is 12.8. The van der Waals surface area contributed by atoms with Crippen LogP contribution in [-0.4, -0.2) is 28.1 Å². The molecule has 0 unspecified atom stereocenters. The lowest BCUT2D eigenvalue weighted by Gasteiger charge is -2.28. The van der Waals surface area contributed by atoms with Gasteiger partial charge in [-0.05, 0) is 18.9 Å². The van der Waals surface area contributed by atoms with E-state index in [0.29, 0.717) is 5.91 Å². The lowest BCUT2D eigenvalue weighted by atomic mass is 9.97. The van der Waals surface area contributed by atoms with Gasteiger partial charge in [-0.15, -0.1) is 11.8 Å². The Balaban J connectivity index is 2.08. The quantitative estimate of drug-likeness (QED) is 0.798. The molecule has 1 aliphatic heterocycles. The van der Waals surface area contributed by atoms with Crippen LogP contribution in [0.2, 0.25) is 0 Å². The second-order valence-corrected chi connectivity index (χ2v) is 6.48. The van der Waals surface area contributed by atoms with Crippen LogP contribution in [-0.2, 0) is 4.79 Å². The minimum atomic E-state index is 0.159. The second kappa shape index (κ2) is 7.67. The fraction of sp³-hybridized carbons (Fsp3) is 0.625. The van der Waals surface area contributed by atoms with Crippen molar-refractivity contribution >= 4 is 17.7 Å². The first-order valence-corrected chi connectivity index (χ1v) is 8.64. The molecule has 20 heavy (non-hydrogen) atoms. The Kier molecular flexibility index (Phi) is 5.89. The van der Waals surface area contributed by atoms with Crippen LogP contribution in [0.5, 0.6) is 0 Å². The fourth-order valence-electron chi connectivity index (χ4n) is 2.68.